The molecule has 2 atom stereocenters. The summed E-state index contributed by atoms with van der Waals surface area (Å²) in [5, 5.41) is 0. The fourth-order valence-electron chi connectivity index (χ4n) is 2.35. The van der Waals surface area contributed by atoms with Crippen LogP contribution in [-0.4, -0.2) is 12.6 Å². The van der Waals surface area contributed by atoms with Crippen LogP contribution in [0.4, 0.5) is 0 Å². The van der Waals surface area contributed by atoms with Crippen LogP contribution in [0.1, 0.15) is 30.6 Å². The molecule has 2 N–H and O–H groups in total. The minimum atomic E-state index is -0.0450. The van der Waals surface area contributed by atoms with Crippen LogP contribution in [0.25, 0.3) is 0 Å². The summed E-state index contributed by atoms with van der Waals surface area (Å²) in [5.41, 5.74) is 8.81. The minimum Gasteiger partial charge on any atom is -0.372 e. The van der Waals surface area contributed by atoms with Gasteiger partial charge in [0.25, 0.3) is 0 Å². The van der Waals surface area contributed by atoms with Gasteiger partial charge in [-0.25, -0.2) is 0 Å². The first-order chi connectivity index (χ1) is 9.81. The first-order valence-corrected chi connectivity index (χ1v) is 7.27. The second-order valence-corrected chi connectivity index (χ2v) is 5.06. The Bertz CT molecular complexity index is 483. The Morgan fingerprint density at radius 1 is 0.950 bits per heavy atom. The van der Waals surface area contributed by atoms with Gasteiger partial charge in [-0.15, -0.1) is 0 Å². The lowest BCUT2D eigenvalue weighted by Crippen LogP contribution is -2.32. The monoisotopic (exact) mass is 269 g/mol. The highest BCUT2D eigenvalue weighted by Crippen LogP contribution is 2.22. The van der Waals surface area contributed by atoms with Gasteiger partial charge in [-0.1, -0.05) is 67.6 Å². The predicted octanol–water partition coefficient (Wildman–Crippen LogP) is 3.72. The molecular weight excluding hydrogens is 246 g/mol. The fraction of sp³-hybridized carbons (Fsp3) is 0.333. The van der Waals surface area contributed by atoms with Gasteiger partial charge in [0.05, 0.1) is 6.10 Å². The van der Waals surface area contributed by atoms with Gasteiger partial charge < -0.3 is 10.5 Å². The van der Waals surface area contributed by atoms with E-state index >= 15 is 0 Å². The maximum Gasteiger partial charge on any atom is 0.0978 e. The summed E-state index contributed by atoms with van der Waals surface area (Å²) in [6, 6.07) is 20.6. The van der Waals surface area contributed by atoms with Crippen molar-refractivity contribution in [3.63, 3.8) is 0 Å². The highest BCUT2D eigenvalue weighted by Gasteiger charge is 2.20. The lowest BCUT2D eigenvalue weighted by Gasteiger charge is -2.25. The van der Waals surface area contributed by atoms with E-state index in [1.807, 2.05) is 36.4 Å². The molecule has 2 unspecified atom stereocenters. The molecular formula is C18H23NO. The molecule has 0 aliphatic rings. The summed E-state index contributed by atoms with van der Waals surface area (Å²) in [7, 11) is 0. The first-order valence-electron chi connectivity index (χ1n) is 7.27. The Morgan fingerprint density at radius 2 is 1.55 bits per heavy atom. The highest BCUT2D eigenvalue weighted by molar-refractivity contribution is 5.22. The smallest absolute Gasteiger partial charge is 0.0978 e. The molecule has 0 aromatic heterocycles. The Kier molecular flexibility index (Phi) is 5.78. The first kappa shape index (κ1) is 14.8. The van der Waals surface area contributed by atoms with Gasteiger partial charge in [-0.3, -0.25) is 0 Å². The van der Waals surface area contributed by atoms with Gasteiger partial charge >= 0.3 is 0 Å². The molecule has 106 valence electrons. The summed E-state index contributed by atoms with van der Waals surface area (Å²) in [6.07, 6.45) is 1.78. The van der Waals surface area contributed by atoms with Crippen LogP contribution in [-0.2, 0) is 11.2 Å². The van der Waals surface area contributed by atoms with E-state index in [0.29, 0.717) is 0 Å². The van der Waals surface area contributed by atoms with Crippen molar-refractivity contribution in [2.75, 3.05) is 6.61 Å². The van der Waals surface area contributed by atoms with Crippen molar-refractivity contribution in [2.45, 2.75) is 31.9 Å². The molecule has 20 heavy (non-hydrogen) atoms. The third-order valence-corrected chi connectivity index (χ3v) is 3.33. The number of hydrogen-bond acceptors (Lipinski definition) is 2. The lowest BCUT2D eigenvalue weighted by atomic mass is 9.96. The molecule has 2 rings (SSSR count). The standard InChI is InChI=1S/C18H23NO/c1-2-13-20-18(16-11-7-4-8-12-16)17(19)14-15-9-5-3-6-10-15/h3-12,17-18H,2,13-14,19H2,1H3. The molecule has 0 heterocycles. The zero-order chi connectivity index (χ0) is 14.2. The summed E-state index contributed by atoms with van der Waals surface area (Å²) < 4.78 is 5.99. The molecule has 2 heteroatoms. The van der Waals surface area contributed by atoms with E-state index < -0.39 is 0 Å². The van der Waals surface area contributed by atoms with Crippen LogP contribution in [0, 0.1) is 0 Å². The van der Waals surface area contributed by atoms with Crippen molar-refractivity contribution in [2.24, 2.45) is 5.73 Å². The molecule has 0 amide bonds. The Balaban J connectivity index is 2.10. The molecule has 2 aromatic rings. The van der Waals surface area contributed by atoms with Crippen molar-refractivity contribution in [3.05, 3.63) is 71.8 Å². The van der Waals surface area contributed by atoms with Crippen molar-refractivity contribution in [1.29, 1.82) is 0 Å². The Labute approximate surface area is 121 Å². The molecule has 0 aliphatic carbocycles. The Morgan fingerprint density at radius 3 is 2.15 bits per heavy atom. The summed E-state index contributed by atoms with van der Waals surface area (Å²) in [4.78, 5) is 0. The molecule has 2 aromatic carbocycles. The third-order valence-electron chi connectivity index (χ3n) is 3.33. The van der Waals surface area contributed by atoms with Gasteiger partial charge in [-0.2, -0.15) is 0 Å². The van der Waals surface area contributed by atoms with Crippen LogP contribution in [0.2, 0.25) is 0 Å². The maximum atomic E-state index is 6.40. The minimum absolute atomic E-state index is 0.0358. The predicted molar refractivity (Wildman–Crippen MR) is 83.5 cm³/mol. The summed E-state index contributed by atoms with van der Waals surface area (Å²) in [5.74, 6) is 0. The van der Waals surface area contributed by atoms with Crippen LogP contribution in [0.3, 0.4) is 0 Å². The van der Waals surface area contributed by atoms with E-state index in [0.717, 1.165) is 25.0 Å². The average Bonchev–Trinajstić information content (AvgIpc) is 2.50. The fourth-order valence-corrected chi connectivity index (χ4v) is 2.35. The van der Waals surface area contributed by atoms with Gasteiger partial charge in [-0.05, 0) is 24.0 Å². The lowest BCUT2D eigenvalue weighted by molar-refractivity contribution is 0.0348. The summed E-state index contributed by atoms with van der Waals surface area (Å²) in [6.45, 7) is 2.85. The SMILES string of the molecule is CCCOC(c1ccccc1)C(N)Cc1ccccc1. The van der Waals surface area contributed by atoms with E-state index in [1.54, 1.807) is 0 Å². The molecule has 0 saturated carbocycles. The van der Waals surface area contributed by atoms with E-state index in [9.17, 15) is 0 Å². The van der Waals surface area contributed by atoms with E-state index in [2.05, 4.69) is 31.2 Å². The number of hydrogen-bond donors (Lipinski definition) is 1. The van der Waals surface area contributed by atoms with Crippen molar-refractivity contribution >= 4 is 0 Å². The molecule has 2 nitrogen and oxygen atoms in total. The van der Waals surface area contributed by atoms with E-state index in [4.69, 9.17) is 10.5 Å². The molecule has 0 bridgehead atoms. The molecule has 0 radical (unpaired) electrons. The second kappa shape index (κ2) is 7.83. The number of benzene rings is 2. The van der Waals surface area contributed by atoms with Gasteiger partial charge in [0.15, 0.2) is 0 Å². The molecule has 0 aliphatic heterocycles. The van der Waals surface area contributed by atoms with Crippen LogP contribution < -0.4 is 5.73 Å². The van der Waals surface area contributed by atoms with Gasteiger partial charge in [0.2, 0.25) is 0 Å². The number of nitrogens with two attached hydrogens (primary N) is 1. The number of ether oxygens (including phenoxy) is 1. The summed E-state index contributed by atoms with van der Waals surface area (Å²) >= 11 is 0. The zero-order valence-electron chi connectivity index (χ0n) is 12.0. The van der Waals surface area contributed by atoms with Crippen LogP contribution >= 0.6 is 0 Å². The van der Waals surface area contributed by atoms with E-state index in [-0.39, 0.29) is 12.1 Å². The third kappa shape index (κ3) is 4.19. The zero-order valence-corrected chi connectivity index (χ0v) is 12.0. The second-order valence-electron chi connectivity index (χ2n) is 5.06. The molecule has 0 spiro atoms. The normalized spacial score (nSPS) is 13.9. The average molecular weight is 269 g/mol. The number of rotatable bonds is 7. The highest BCUT2D eigenvalue weighted by atomic mass is 16.5. The Hall–Kier alpha value is -1.64. The topological polar surface area (TPSA) is 35.2 Å². The van der Waals surface area contributed by atoms with Crippen molar-refractivity contribution < 1.29 is 4.74 Å². The van der Waals surface area contributed by atoms with Crippen molar-refractivity contribution in [1.82, 2.24) is 0 Å². The largest absolute Gasteiger partial charge is 0.372 e. The molecule has 0 saturated heterocycles. The van der Waals surface area contributed by atoms with Crippen LogP contribution in [0.15, 0.2) is 60.7 Å². The van der Waals surface area contributed by atoms with Gasteiger partial charge in [0.1, 0.15) is 0 Å². The van der Waals surface area contributed by atoms with Crippen LogP contribution in [0.5, 0.6) is 0 Å². The van der Waals surface area contributed by atoms with Gasteiger partial charge in [0, 0.05) is 12.6 Å². The maximum absolute atomic E-state index is 6.40. The molecule has 0 fully saturated rings. The van der Waals surface area contributed by atoms with Crippen molar-refractivity contribution in [3.8, 4) is 0 Å². The van der Waals surface area contributed by atoms with E-state index in [1.165, 1.54) is 5.56 Å². The quantitative estimate of drug-likeness (QED) is 0.831.